The quantitative estimate of drug-likeness (QED) is 0.682. The number of hydrogen-bond acceptors (Lipinski definition) is 4. The molecule has 5 nitrogen and oxygen atoms in total. The van der Waals surface area contributed by atoms with E-state index in [1.807, 2.05) is 62.4 Å². The Morgan fingerprint density at radius 1 is 1.04 bits per heavy atom. The molecule has 0 spiro atoms. The van der Waals surface area contributed by atoms with Crippen LogP contribution < -0.4 is 20.1 Å². The lowest BCUT2D eigenvalue weighted by Gasteiger charge is -2.11. The molecule has 0 aliphatic carbocycles. The van der Waals surface area contributed by atoms with Crippen molar-refractivity contribution in [1.82, 2.24) is 5.32 Å². The molecular formula is C21H28N2O3. The number of hydrogen-bond donors (Lipinski definition) is 2. The maximum atomic E-state index is 11.9. The van der Waals surface area contributed by atoms with Crippen LogP contribution in [0.2, 0.25) is 0 Å². The first-order chi connectivity index (χ1) is 12.6. The molecule has 0 bridgehead atoms. The number of ether oxygens (including phenoxy) is 2. The molecule has 2 N–H and O–H groups in total. The monoisotopic (exact) mass is 356 g/mol. The van der Waals surface area contributed by atoms with Gasteiger partial charge in [0.2, 0.25) is 5.91 Å². The molecule has 0 radical (unpaired) electrons. The van der Waals surface area contributed by atoms with Gasteiger partial charge in [0.1, 0.15) is 11.5 Å². The minimum absolute atomic E-state index is 0.0418. The van der Waals surface area contributed by atoms with Crippen molar-refractivity contribution < 1.29 is 14.3 Å². The van der Waals surface area contributed by atoms with Gasteiger partial charge in [-0.05, 0) is 62.2 Å². The number of nitrogens with one attached hydrogen (secondary N) is 2. The van der Waals surface area contributed by atoms with Crippen LogP contribution in [0.25, 0.3) is 0 Å². The maximum absolute atomic E-state index is 11.9. The second-order valence-corrected chi connectivity index (χ2v) is 6.32. The largest absolute Gasteiger partial charge is 0.497 e. The van der Waals surface area contributed by atoms with Crippen molar-refractivity contribution in [2.24, 2.45) is 0 Å². The highest BCUT2D eigenvalue weighted by atomic mass is 16.5. The third-order valence-corrected chi connectivity index (χ3v) is 3.78. The third kappa shape index (κ3) is 7.05. The van der Waals surface area contributed by atoms with Crippen molar-refractivity contribution >= 4 is 11.6 Å². The first kappa shape index (κ1) is 19.6. The second kappa shape index (κ2) is 10.3. The van der Waals surface area contributed by atoms with Crippen molar-refractivity contribution in [2.45, 2.75) is 32.8 Å². The van der Waals surface area contributed by atoms with E-state index in [-0.39, 0.29) is 12.0 Å². The molecule has 5 heteroatoms. The topological polar surface area (TPSA) is 59.6 Å². The fraction of sp³-hybridized carbons (Fsp3) is 0.381. The number of methoxy groups -OCH3 is 1. The zero-order chi connectivity index (χ0) is 18.8. The van der Waals surface area contributed by atoms with Crippen molar-refractivity contribution in [3.63, 3.8) is 0 Å². The van der Waals surface area contributed by atoms with E-state index < -0.39 is 0 Å². The minimum Gasteiger partial charge on any atom is -0.497 e. The van der Waals surface area contributed by atoms with E-state index in [1.54, 1.807) is 7.11 Å². The molecule has 140 valence electrons. The highest BCUT2D eigenvalue weighted by Crippen LogP contribution is 2.16. The molecule has 0 unspecified atom stereocenters. The first-order valence-corrected chi connectivity index (χ1v) is 8.97. The smallest absolute Gasteiger partial charge is 0.221 e. The number of rotatable bonds is 10. The minimum atomic E-state index is 0.0418. The highest BCUT2D eigenvalue weighted by Gasteiger charge is 2.03. The predicted octanol–water partition coefficient (Wildman–Crippen LogP) is 3.64. The highest BCUT2D eigenvalue weighted by molar-refractivity contribution is 5.76. The lowest BCUT2D eigenvalue weighted by atomic mass is 10.1. The summed E-state index contributed by atoms with van der Waals surface area (Å²) < 4.78 is 10.8. The Kier molecular flexibility index (Phi) is 7.80. The standard InChI is InChI=1S/C21H28N2O3/c1-16(2)26-19-9-7-18(8-10-19)22-14-12-21(24)23-13-11-17-5-4-6-20(15-17)25-3/h4-10,15-16,22H,11-14H2,1-3H3,(H,23,24). The lowest BCUT2D eigenvalue weighted by molar-refractivity contribution is -0.120. The van der Waals surface area contributed by atoms with Crippen molar-refractivity contribution in [3.8, 4) is 11.5 Å². The van der Waals surface area contributed by atoms with Gasteiger partial charge >= 0.3 is 0 Å². The molecule has 2 aromatic carbocycles. The molecule has 0 aromatic heterocycles. The second-order valence-electron chi connectivity index (χ2n) is 6.32. The van der Waals surface area contributed by atoms with Crippen LogP contribution in [-0.2, 0) is 11.2 Å². The van der Waals surface area contributed by atoms with E-state index in [9.17, 15) is 4.79 Å². The molecule has 2 rings (SSSR count). The molecule has 0 fully saturated rings. The summed E-state index contributed by atoms with van der Waals surface area (Å²) in [5.74, 6) is 1.73. The van der Waals surface area contributed by atoms with Gasteiger partial charge in [0.15, 0.2) is 0 Å². The lowest BCUT2D eigenvalue weighted by Crippen LogP contribution is -2.27. The summed E-state index contributed by atoms with van der Waals surface area (Å²) in [5, 5.41) is 6.19. The van der Waals surface area contributed by atoms with Crippen molar-refractivity contribution in [1.29, 1.82) is 0 Å². The van der Waals surface area contributed by atoms with Crippen LogP contribution in [0.1, 0.15) is 25.8 Å². The fourth-order valence-electron chi connectivity index (χ4n) is 2.51. The van der Waals surface area contributed by atoms with Gasteiger partial charge < -0.3 is 20.1 Å². The van der Waals surface area contributed by atoms with Crippen LogP contribution in [0.3, 0.4) is 0 Å². The molecule has 0 aliphatic heterocycles. The molecule has 0 saturated heterocycles. The number of amides is 1. The van der Waals surface area contributed by atoms with Crippen molar-refractivity contribution in [3.05, 3.63) is 54.1 Å². The van der Waals surface area contributed by atoms with Crippen LogP contribution >= 0.6 is 0 Å². The van der Waals surface area contributed by atoms with Crippen LogP contribution in [0.4, 0.5) is 5.69 Å². The molecule has 0 heterocycles. The Labute approximate surface area is 155 Å². The van der Waals surface area contributed by atoms with Gasteiger partial charge in [0.25, 0.3) is 0 Å². The average molecular weight is 356 g/mol. The first-order valence-electron chi connectivity index (χ1n) is 8.97. The number of benzene rings is 2. The van der Waals surface area contributed by atoms with Crippen LogP contribution in [0.5, 0.6) is 11.5 Å². The summed E-state index contributed by atoms with van der Waals surface area (Å²) in [4.78, 5) is 11.9. The molecule has 0 aliphatic rings. The Morgan fingerprint density at radius 2 is 1.81 bits per heavy atom. The Hall–Kier alpha value is -2.69. The van der Waals surface area contributed by atoms with E-state index >= 15 is 0 Å². The van der Waals surface area contributed by atoms with Gasteiger partial charge in [-0.25, -0.2) is 0 Å². The Morgan fingerprint density at radius 3 is 2.50 bits per heavy atom. The summed E-state index contributed by atoms with van der Waals surface area (Å²) in [5.41, 5.74) is 2.12. The van der Waals surface area contributed by atoms with Gasteiger partial charge in [0.05, 0.1) is 13.2 Å². The molecule has 0 atom stereocenters. The maximum Gasteiger partial charge on any atom is 0.221 e. The van der Waals surface area contributed by atoms with E-state index in [4.69, 9.17) is 9.47 Å². The average Bonchev–Trinajstić information content (AvgIpc) is 2.63. The Bertz CT molecular complexity index is 684. The molecular weight excluding hydrogens is 328 g/mol. The van der Waals surface area contributed by atoms with Crippen molar-refractivity contribution in [2.75, 3.05) is 25.5 Å². The van der Waals surface area contributed by atoms with Gasteiger partial charge in [-0.2, -0.15) is 0 Å². The normalized spacial score (nSPS) is 10.5. The summed E-state index contributed by atoms with van der Waals surface area (Å²) in [6.45, 7) is 5.21. The molecule has 0 saturated carbocycles. The number of anilines is 1. The SMILES string of the molecule is COc1cccc(CCNC(=O)CCNc2ccc(OC(C)C)cc2)c1. The third-order valence-electron chi connectivity index (χ3n) is 3.78. The summed E-state index contributed by atoms with van der Waals surface area (Å²) in [6.07, 6.45) is 1.38. The number of carbonyl (C=O) groups excluding carboxylic acids is 1. The molecule has 2 aromatic rings. The summed E-state index contributed by atoms with van der Waals surface area (Å²) in [7, 11) is 1.65. The van der Waals surface area contributed by atoms with E-state index in [0.29, 0.717) is 19.5 Å². The Balaban J connectivity index is 1.64. The fourth-order valence-corrected chi connectivity index (χ4v) is 2.51. The van der Waals surface area contributed by atoms with Crippen LogP contribution in [-0.4, -0.2) is 32.2 Å². The summed E-state index contributed by atoms with van der Waals surface area (Å²) in [6, 6.07) is 15.7. The van der Waals surface area contributed by atoms with Crippen LogP contribution in [0, 0.1) is 0 Å². The van der Waals surface area contributed by atoms with E-state index in [1.165, 1.54) is 0 Å². The van der Waals surface area contributed by atoms with Crippen LogP contribution in [0.15, 0.2) is 48.5 Å². The predicted molar refractivity (Wildman–Crippen MR) is 105 cm³/mol. The number of carbonyl (C=O) groups is 1. The van der Waals surface area contributed by atoms with E-state index in [0.717, 1.165) is 29.2 Å². The zero-order valence-corrected chi connectivity index (χ0v) is 15.7. The van der Waals surface area contributed by atoms with E-state index in [2.05, 4.69) is 10.6 Å². The summed E-state index contributed by atoms with van der Waals surface area (Å²) >= 11 is 0. The molecule has 1 amide bonds. The van der Waals surface area contributed by atoms with Gasteiger partial charge in [0, 0.05) is 25.2 Å². The van der Waals surface area contributed by atoms with Gasteiger partial charge in [-0.15, -0.1) is 0 Å². The zero-order valence-electron chi connectivity index (χ0n) is 15.7. The van der Waals surface area contributed by atoms with Gasteiger partial charge in [-0.1, -0.05) is 12.1 Å². The molecule has 26 heavy (non-hydrogen) atoms. The van der Waals surface area contributed by atoms with Gasteiger partial charge in [-0.3, -0.25) is 4.79 Å².